The molecule has 4 heterocycles. The summed E-state index contributed by atoms with van der Waals surface area (Å²) in [5.41, 5.74) is 1.68. The highest BCUT2D eigenvalue weighted by atomic mass is 32.1. The average molecular weight is 342 g/mol. The molecule has 0 aromatic carbocycles. The number of amides is 1. The first-order valence-corrected chi connectivity index (χ1v) is 8.97. The van der Waals surface area contributed by atoms with E-state index in [9.17, 15) is 4.79 Å². The summed E-state index contributed by atoms with van der Waals surface area (Å²) in [6, 6.07) is 1.97. The van der Waals surface area contributed by atoms with Crippen molar-refractivity contribution >= 4 is 23.2 Å². The molecule has 1 aliphatic rings. The lowest BCUT2D eigenvalue weighted by molar-refractivity contribution is 0.0610. The zero-order chi connectivity index (χ0) is 16.5. The van der Waals surface area contributed by atoms with Gasteiger partial charge in [0.15, 0.2) is 0 Å². The second-order valence-electron chi connectivity index (χ2n) is 5.90. The van der Waals surface area contributed by atoms with E-state index < -0.39 is 0 Å². The number of carbonyl (C=O) groups is 1. The Kier molecular flexibility index (Phi) is 3.97. The van der Waals surface area contributed by atoms with Gasteiger partial charge in [-0.1, -0.05) is 11.4 Å². The van der Waals surface area contributed by atoms with Gasteiger partial charge in [0.1, 0.15) is 4.88 Å². The summed E-state index contributed by atoms with van der Waals surface area (Å²) in [7, 11) is 0. The molecule has 0 bridgehead atoms. The maximum absolute atomic E-state index is 13.0. The summed E-state index contributed by atoms with van der Waals surface area (Å²) in [5.74, 6) is 0.691. The molecule has 3 aromatic heterocycles. The SMILES string of the molecule is CCc1nnsc1C(=O)N1CCCC[C@H]1c1ccn2ccnc2n1. The number of likely N-dealkylation sites (tertiary alicyclic amines) is 1. The Morgan fingerprint density at radius 2 is 2.29 bits per heavy atom. The summed E-state index contributed by atoms with van der Waals surface area (Å²) in [6.45, 7) is 2.74. The fourth-order valence-corrected chi connectivity index (χ4v) is 3.92. The van der Waals surface area contributed by atoms with Crippen molar-refractivity contribution in [3.63, 3.8) is 0 Å². The van der Waals surface area contributed by atoms with Crippen LogP contribution in [-0.4, -0.2) is 41.3 Å². The van der Waals surface area contributed by atoms with Crippen LogP contribution in [0.2, 0.25) is 0 Å². The van der Waals surface area contributed by atoms with Crippen molar-refractivity contribution in [1.82, 2.24) is 28.9 Å². The van der Waals surface area contributed by atoms with E-state index in [0.29, 0.717) is 17.1 Å². The monoisotopic (exact) mass is 342 g/mol. The number of aryl methyl sites for hydroxylation is 1. The van der Waals surface area contributed by atoms with Gasteiger partial charge in [-0.3, -0.25) is 9.20 Å². The number of fused-ring (bicyclic) bond motifs is 1. The van der Waals surface area contributed by atoms with E-state index in [0.717, 1.165) is 37.2 Å². The second kappa shape index (κ2) is 6.27. The highest BCUT2D eigenvalue weighted by Gasteiger charge is 2.32. The molecule has 0 radical (unpaired) electrons. The molecule has 0 unspecified atom stereocenters. The molecule has 124 valence electrons. The average Bonchev–Trinajstić information content (AvgIpc) is 3.29. The number of nitrogens with zero attached hydrogens (tertiary/aromatic N) is 6. The maximum Gasteiger partial charge on any atom is 0.268 e. The highest BCUT2D eigenvalue weighted by Crippen LogP contribution is 2.32. The number of piperidine rings is 1. The van der Waals surface area contributed by atoms with Gasteiger partial charge in [-0.25, -0.2) is 9.97 Å². The second-order valence-corrected chi connectivity index (χ2v) is 6.65. The number of hydrogen-bond acceptors (Lipinski definition) is 6. The van der Waals surface area contributed by atoms with Crippen molar-refractivity contribution < 1.29 is 4.79 Å². The van der Waals surface area contributed by atoms with Crippen LogP contribution >= 0.6 is 11.5 Å². The molecule has 1 saturated heterocycles. The summed E-state index contributed by atoms with van der Waals surface area (Å²) in [6.07, 6.45) is 9.29. The van der Waals surface area contributed by atoms with Gasteiger partial charge in [0.2, 0.25) is 5.78 Å². The number of rotatable bonds is 3. The molecule has 0 spiro atoms. The molecule has 8 heteroatoms. The minimum absolute atomic E-state index is 0.0141. The Morgan fingerprint density at radius 3 is 3.17 bits per heavy atom. The standard InChI is InChI=1S/C16H18N6OS/c1-2-11-14(24-20-19-11)15(23)22-8-4-3-5-13(22)12-6-9-21-10-7-17-16(21)18-12/h6-7,9-10,13H,2-5,8H2,1H3/t13-/m0/s1. The molecule has 24 heavy (non-hydrogen) atoms. The van der Waals surface area contributed by atoms with Crippen LogP contribution in [-0.2, 0) is 6.42 Å². The van der Waals surface area contributed by atoms with Gasteiger partial charge in [0, 0.05) is 25.1 Å². The van der Waals surface area contributed by atoms with Crippen LogP contribution in [0.3, 0.4) is 0 Å². The fourth-order valence-electron chi connectivity index (χ4n) is 3.22. The Balaban J connectivity index is 1.68. The van der Waals surface area contributed by atoms with Crippen LogP contribution in [0, 0.1) is 0 Å². The molecule has 0 N–H and O–H groups in total. The van der Waals surface area contributed by atoms with E-state index in [1.54, 1.807) is 6.20 Å². The smallest absolute Gasteiger partial charge is 0.268 e. The molecule has 4 rings (SSSR count). The van der Waals surface area contributed by atoms with Gasteiger partial charge in [-0.2, -0.15) is 0 Å². The Bertz CT molecular complexity index is 872. The van der Waals surface area contributed by atoms with Crippen LogP contribution < -0.4 is 0 Å². The van der Waals surface area contributed by atoms with Crippen LogP contribution in [0.25, 0.3) is 5.78 Å². The van der Waals surface area contributed by atoms with Crippen molar-refractivity contribution in [2.45, 2.75) is 38.6 Å². The van der Waals surface area contributed by atoms with E-state index >= 15 is 0 Å². The van der Waals surface area contributed by atoms with Crippen LogP contribution in [0.5, 0.6) is 0 Å². The van der Waals surface area contributed by atoms with Gasteiger partial charge < -0.3 is 4.90 Å². The molecule has 1 amide bonds. The van der Waals surface area contributed by atoms with Crippen molar-refractivity contribution in [1.29, 1.82) is 0 Å². The van der Waals surface area contributed by atoms with Crippen molar-refractivity contribution in [2.24, 2.45) is 0 Å². The number of imidazole rings is 1. The van der Waals surface area contributed by atoms with Crippen molar-refractivity contribution in [3.05, 3.63) is 40.9 Å². The molecule has 1 fully saturated rings. The van der Waals surface area contributed by atoms with E-state index in [4.69, 9.17) is 0 Å². The van der Waals surface area contributed by atoms with Gasteiger partial charge in [-0.05, 0) is 43.3 Å². The third-order valence-corrected chi connectivity index (χ3v) is 5.23. The highest BCUT2D eigenvalue weighted by molar-refractivity contribution is 7.08. The minimum Gasteiger partial charge on any atom is -0.329 e. The first-order chi connectivity index (χ1) is 11.8. The van der Waals surface area contributed by atoms with Crippen molar-refractivity contribution in [2.75, 3.05) is 6.54 Å². The van der Waals surface area contributed by atoms with Crippen LogP contribution in [0.1, 0.15) is 53.3 Å². The minimum atomic E-state index is -0.0141. The zero-order valence-electron chi connectivity index (χ0n) is 13.4. The molecule has 1 aliphatic heterocycles. The number of carbonyl (C=O) groups excluding carboxylic acids is 1. The van der Waals surface area contributed by atoms with Gasteiger partial charge in [0.25, 0.3) is 5.91 Å². The van der Waals surface area contributed by atoms with Gasteiger partial charge >= 0.3 is 0 Å². The molecule has 3 aromatic rings. The van der Waals surface area contributed by atoms with Crippen molar-refractivity contribution in [3.8, 4) is 0 Å². The van der Waals surface area contributed by atoms with Crippen LogP contribution in [0.4, 0.5) is 0 Å². The lowest BCUT2D eigenvalue weighted by atomic mass is 9.98. The zero-order valence-corrected chi connectivity index (χ0v) is 14.2. The Hall–Kier alpha value is -2.35. The molecule has 1 atom stereocenters. The summed E-state index contributed by atoms with van der Waals surface area (Å²) < 4.78 is 5.83. The number of aromatic nitrogens is 5. The van der Waals surface area contributed by atoms with Gasteiger partial charge in [0.05, 0.1) is 17.4 Å². The maximum atomic E-state index is 13.0. The number of hydrogen-bond donors (Lipinski definition) is 0. The topological polar surface area (TPSA) is 76.3 Å². The molecular weight excluding hydrogens is 324 g/mol. The Morgan fingerprint density at radius 1 is 1.38 bits per heavy atom. The predicted molar refractivity (Wildman–Crippen MR) is 89.9 cm³/mol. The first kappa shape index (κ1) is 15.2. The van der Waals surface area contributed by atoms with E-state index in [1.807, 2.05) is 34.7 Å². The summed E-state index contributed by atoms with van der Waals surface area (Å²) >= 11 is 1.19. The Labute approximate surface area is 143 Å². The lowest BCUT2D eigenvalue weighted by Gasteiger charge is -2.35. The molecular formula is C16H18N6OS. The van der Waals surface area contributed by atoms with E-state index in [2.05, 4.69) is 19.6 Å². The fraction of sp³-hybridized carbons (Fsp3) is 0.438. The largest absolute Gasteiger partial charge is 0.329 e. The third kappa shape index (κ3) is 2.56. The van der Waals surface area contributed by atoms with E-state index in [1.165, 1.54) is 11.5 Å². The summed E-state index contributed by atoms with van der Waals surface area (Å²) in [5, 5.41) is 4.07. The lowest BCUT2D eigenvalue weighted by Crippen LogP contribution is -2.39. The molecule has 7 nitrogen and oxygen atoms in total. The predicted octanol–water partition coefficient (Wildman–Crippen LogP) is 2.51. The third-order valence-electron chi connectivity index (χ3n) is 4.47. The summed E-state index contributed by atoms with van der Waals surface area (Å²) in [4.78, 5) is 24.5. The van der Waals surface area contributed by atoms with Crippen LogP contribution in [0.15, 0.2) is 24.7 Å². The molecule has 0 saturated carbocycles. The molecule has 0 aliphatic carbocycles. The first-order valence-electron chi connectivity index (χ1n) is 8.19. The van der Waals surface area contributed by atoms with Gasteiger partial charge in [-0.15, -0.1) is 5.10 Å². The van der Waals surface area contributed by atoms with E-state index in [-0.39, 0.29) is 11.9 Å². The quantitative estimate of drug-likeness (QED) is 0.731. The normalized spacial score (nSPS) is 18.2.